The van der Waals surface area contributed by atoms with Crippen molar-refractivity contribution in [1.29, 1.82) is 0 Å². The fourth-order valence-electron chi connectivity index (χ4n) is 3.49. The molecule has 2 aliphatic heterocycles. The topological polar surface area (TPSA) is 24.1 Å². The van der Waals surface area contributed by atoms with Gasteiger partial charge in [0.05, 0.1) is 0 Å². The Hall–Kier alpha value is 0.620. The Balaban J connectivity index is 1.91. The van der Waals surface area contributed by atoms with Gasteiger partial charge in [-0.2, -0.15) is 23.5 Å². The highest BCUT2D eigenvalue weighted by Crippen LogP contribution is 2.29. The lowest BCUT2D eigenvalue weighted by molar-refractivity contribution is 0.142. The van der Waals surface area contributed by atoms with E-state index in [1.54, 1.807) is 0 Å². The van der Waals surface area contributed by atoms with Crippen LogP contribution in [0.3, 0.4) is 0 Å². The molecule has 2 rings (SSSR count). The highest BCUT2D eigenvalue weighted by molar-refractivity contribution is 8.03. The molecule has 0 saturated carbocycles. The third kappa shape index (κ3) is 4.62. The van der Waals surface area contributed by atoms with E-state index in [1.165, 1.54) is 35.9 Å². The zero-order valence-electron chi connectivity index (χ0n) is 12.2. The van der Waals surface area contributed by atoms with E-state index in [2.05, 4.69) is 61.9 Å². The van der Waals surface area contributed by atoms with Gasteiger partial charge in [-0.3, -0.25) is 0 Å². The first-order valence-electron chi connectivity index (χ1n) is 7.07. The van der Waals surface area contributed by atoms with Crippen molar-refractivity contribution in [2.45, 2.75) is 63.7 Å². The molecule has 2 heterocycles. The van der Waals surface area contributed by atoms with E-state index in [0.717, 1.165) is 0 Å². The van der Waals surface area contributed by atoms with Crippen LogP contribution in [0.25, 0.3) is 0 Å². The summed E-state index contributed by atoms with van der Waals surface area (Å²) in [6.45, 7) is 9.33. The minimum Gasteiger partial charge on any atom is -0.309 e. The van der Waals surface area contributed by atoms with E-state index in [0.29, 0.717) is 12.1 Å². The average molecular weight is 289 g/mol. The van der Waals surface area contributed by atoms with Crippen LogP contribution in [0.4, 0.5) is 0 Å². The summed E-state index contributed by atoms with van der Waals surface area (Å²) >= 11 is 4.23. The molecule has 0 spiro atoms. The molecule has 2 saturated heterocycles. The SMILES string of the molecule is CC1(C)CC(NC2CSCCSC2)CC(C)(C)N1. The molecular weight excluding hydrogens is 260 g/mol. The molecule has 2 N–H and O–H groups in total. The van der Waals surface area contributed by atoms with Crippen LogP contribution in [0.1, 0.15) is 40.5 Å². The molecule has 0 amide bonds. The van der Waals surface area contributed by atoms with Crippen molar-refractivity contribution in [3.05, 3.63) is 0 Å². The van der Waals surface area contributed by atoms with Gasteiger partial charge in [0.2, 0.25) is 0 Å². The normalized spacial score (nSPS) is 30.0. The van der Waals surface area contributed by atoms with Crippen LogP contribution in [0, 0.1) is 0 Å². The second-order valence-corrected chi connectivity index (χ2v) is 9.31. The van der Waals surface area contributed by atoms with Gasteiger partial charge in [-0.15, -0.1) is 0 Å². The molecule has 0 aromatic rings. The highest BCUT2D eigenvalue weighted by atomic mass is 32.2. The molecule has 0 aliphatic carbocycles. The minimum atomic E-state index is 0.254. The largest absolute Gasteiger partial charge is 0.309 e. The van der Waals surface area contributed by atoms with Gasteiger partial charge in [0.1, 0.15) is 0 Å². The lowest BCUT2D eigenvalue weighted by atomic mass is 9.79. The maximum atomic E-state index is 3.93. The molecule has 2 nitrogen and oxygen atoms in total. The summed E-state index contributed by atoms with van der Waals surface area (Å²) in [6, 6.07) is 1.37. The van der Waals surface area contributed by atoms with E-state index >= 15 is 0 Å². The number of thioether (sulfide) groups is 2. The first kappa shape index (κ1) is 15.0. The molecule has 2 aliphatic rings. The monoisotopic (exact) mass is 288 g/mol. The molecule has 2 fully saturated rings. The van der Waals surface area contributed by atoms with E-state index in [-0.39, 0.29) is 11.1 Å². The maximum Gasteiger partial charge on any atom is 0.0251 e. The molecule has 18 heavy (non-hydrogen) atoms. The van der Waals surface area contributed by atoms with Crippen molar-refractivity contribution in [3.8, 4) is 0 Å². The number of hydrogen-bond donors (Lipinski definition) is 2. The second-order valence-electron chi connectivity index (χ2n) is 7.01. The Bertz CT molecular complexity index is 255. The first-order chi connectivity index (χ1) is 8.36. The number of rotatable bonds is 2. The molecule has 106 valence electrons. The van der Waals surface area contributed by atoms with Crippen molar-refractivity contribution in [1.82, 2.24) is 10.6 Å². The fraction of sp³-hybridized carbons (Fsp3) is 1.00. The van der Waals surface area contributed by atoms with Crippen molar-refractivity contribution in [2.75, 3.05) is 23.0 Å². The lowest BCUT2D eigenvalue weighted by Gasteiger charge is -2.47. The van der Waals surface area contributed by atoms with E-state index < -0.39 is 0 Å². The predicted molar refractivity (Wildman–Crippen MR) is 85.9 cm³/mol. The third-order valence-electron chi connectivity index (χ3n) is 3.67. The molecular formula is C14H28N2S2. The van der Waals surface area contributed by atoms with Gasteiger partial charge in [-0.05, 0) is 40.5 Å². The summed E-state index contributed by atoms with van der Waals surface area (Å²) in [5, 5.41) is 7.69. The summed E-state index contributed by atoms with van der Waals surface area (Å²) in [6.07, 6.45) is 2.48. The van der Waals surface area contributed by atoms with Crippen molar-refractivity contribution < 1.29 is 0 Å². The van der Waals surface area contributed by atoms with Gasteiger partial charge < -0.3 is 10.6 Å². The van der Waals surface area contributed by atoms with Gasteiger partial charge in [0.15, 0.2) is 0 Å². The zero-order valence-corrected chi connectivity index (χ0v) is 13.8. The van der Waals surface area contributed by atoms with Crippen molar-refractivity contribution in [3.63, 3.8) is 0 Å². The Kier molecular flexibility index (Phi) is 4.96. The van der Waals surface area contributed by atoms with Crippen LogP contribution < -0.4 is 10.6 Å². The number of hydrogen-bond acceptors (Lipinski definition) is 4. The predicted octanol–water partition coefficient (Wildman–Crippen LogP) is 2.73. The van der Waals surface area contributed by atoms with Crippen LogP contribution in [0.15, 0.2) is 0 Å². The van der Waals surface area contributed by atoms with Crippen LogP contribution in [0.2, 0.25) is 0 Å². The minimum absolute atomic E-state index is 0.254. The van der Waals surface area contributed by atoms with E-state index in [1.807, 2.05) is 0 Å². The molecule has 0 aromatic heterocycles. The Morgan fingerprint density at radius 3 is 1.89 bits per heavy atom. The molecule has 4 heteroatoms. The molecule has 0 atom stereocenters. The number of nitrogens with one attached hydrogen (secondary N) is 2. The van der Waals surface area contributed by atoms with Gasteiger partial charge in [-0.25, -0.2) is 0 Å². The standard InChI is InChI=1S/C14H28N2S2/c1-13(2)7-11(8-14(3,4)16-13)15-12-9-17-5-6-18-10-12/h11-12,15-16H,5-10H2,1-4H3. The van der Waals surface area contributed by atoms with Crippen LogP contribution in [-0.2, 0) is 0 Å². The molecule has 0 bridgehead atoms. The van der Waals surface area contributed by atoms with Crippen LogP contribution in [0.5, 0.6) is 0 Å². The fourth-order valence-corrected chi connectivity index (χ4v) is 5.91. The molecule has 0 radical (unpaired) electrons. The highest BCUT2D eigenvalue weighted by Gasteiger charge is 2.38. The quantitative estimate of drug-likeness (QED) is 0.816. The van der Waals surface area contributed by atoms with Crippen LogP contribution >= 0.6 is 23.5 Å². The van der Waals surface area contributed by atoms with Gasteiger partial charge in [-0.1, -0.05) is 0 Å². The summed E-state index contributed by atoms with van der Waals surface area (Å²) in [7, 11) is 0. The van der Waals surface area contributed by atoms with Gasteiger partial charge in [0, 0.05) is 46.2 Å². The zero-order chi connectivity index (χ0) is 13.2. The Labute approximate surface area is 121 Å². The Morgan fingerprint density at radius 2 is 1.39 bits per heavy atom. The summed E-state index contributed by atoms with van der Waals surface area (Å²) in [5.74, 6) is 5.23. The summed E-state index contributed by atoms with van der Waals surface area (Å²) < 4.78 is 0. The van der Waals surface area contributed by atoms with E-state index in [9.17, 15) is 0 Å². The maximum absolute atomic E-state index is 3.93. The molecule has 0 unspecified atom stereocenters. The van der Waals surface area contributed by atoms with E-state index in [4.69, 9.17) is 0 Å². The van der Waals surface area contributed by atoms with Gasteiger partial charge in [0.25, 0.3) is 0 Å². The Morgan fingerprint density at radius 1 is 0.889 bits per heavy atom. The van der Waals surface area contributed by atoms with Gasteiger partial charge >= 0.3 is 0 Å². The smallest absolute Gasteiger partial charge is 0.0251 e. The third-order valence-corrected chi connectivity index (χ3v) is 6.19. The summed E-state index contributed by atoms with van der Waals surface area (Å²) in [5.41, 5.74) is 0.509. The van der Waals surface area contributed by atoms with Crippen molar-refractivity contribution in [2.24, 2.45) is 0 Å². The van der Waals surface area contributed by atoms with Crippen molar-refractivity contribution >= 4 is 23.5 Å². The van der Waals surface area contributed by atoms with Crippen LogP contribution in [-0.4, -0.2) is 46.2 Å². The summed E-state index contributed by atoms with van der Waals surface area (Å²) in [4.78, 5) is 0. The lowest BCUT2D eigenvalue weighted by Crippen LogP contribution is -2.62. The molecule has 0 aromatic carbocycles. The first-order valence-corrected chi connectivity index (χ1v) is 9.38. The number of piperidine rings is 1. The average Bonchev–Trinajstić information content (AvgIpc) is 2.40. The second kappa shape index (κ2) is 5.94.